The van der Waals surface area contributed by atoms with Crippen molar-refractivity contribution in [3.8, 4) is 50.7 Å². The third kappa shape index (κ3) is 4.99. The SMILES string of the molecule is c1ccc(-c2cc(-c3cccc4oc5ccccc5c34)nc(-c3ccc(-n4c5c6c(c7ccccc7c5c5ccc7ccccc7c54)-c4ccccc4C64CCCCC4)cc3)n2)cc1. The molecule has 9 aromatic carbocycles. The fourth-order valence-electron chi connectivity index (χ4n) is 11.9. The van der Waals surface area contributed by atoms with E-state index in [-0.39, 0.29) is 5.41 Å². The number of benzene rings is 9. The Morgan fingerprint density at radius 1 is 0.453 bits per heavy atom. The Morgan fingerprint density at radius 3 is 2.00 bits per heavy atom. The molecule has 0 N–H and O–H groups in total. The summed E-state index contributed by atoms with van der Waals surface area (Å²) in [7, 11) is 0. The largest absolute Gasteiger partial charge is 0.456 e. The number of furan rings is 1. The predicted octanol–water partition coefficient (Wildman–Crippen LogP) is 16.0. The Kier molecular flexibility index (Phi) is 7.59. The number of fused-ring (bicyclic) bond motifs is 17. The molecule has 0 bridgehead atoms. The van der Waals surface area contributed by atoms with Crippen LogP contribution >= 0.6 is 0 Å². The zero-order valence-corrected chi connectivity index (χ0v) is 35.2. The van der Waals surface area contributed by atoms with Gasteiger partial charge in [0.15, 0.2) is 5.82 Å². The van der Waals surface area contributed by atoms with Gasteiger partial charge in [-0.05, 0) is 93.7 Å². The highest BCUT2D eigenvalue weighted by atomic mass is 16.3. The third-order valence-electron chi connectivity index (χ3n) is 14.6. The molecule has 1 spiro atoms. The average Bonchev–Trinajstić information content (AvgIpc) is 4.01. The van der Waals surface area contributed by atoms with Crippen LogP contribution in [-0.2, 0) is 5.41 Å². The van der Waals surface area contributed by atoms with E-state index in [0.717, 1.165) is 68.5 Å². The van der Waals surface area contributed by atoms with Gasteiger partial charge in [-0.2, -0.15) is 0 Å². The Balaban J connectivity index is 1.04. The van der Waals surface area contributed by atoms with Crippen molar-refractivity contribution in [3.05, 3.63) is 199 Å². The van der Waals surface area contributed by atoms with E-state index in [9.17, 15) is 0 Å². The molecular weight excluding hydrogens is 779 g/mol. The molecule has 0 aliphatic heterocycles. The van der Waals surface area contributed by atoms with Gasteiger partial charge >= 0.3 is 0 Å². The van der Waals surface area contributed by atoms with Crippen molar-refractivity contribution in [1.82, 2.24) is 14.5 Å². The Labute approximate surface area is 370 Å². The molecule has 2 aliphatic rings. The lowest BCUT2D eigenvalue weighted by Gasteiger charge is -2.36. The van der Waals surface area contributed by atoms with Crippen molar-refractivity contribution in [1.29, 1.82) is 0 Å². The van der Waals surface area contributed by atoms with E-state index in [2.05, 4.69) is 174 Å². The number of rotatable bonds is 4. The summed E-state index contributed by atoms with van der Waals surface area (Å²) in [6.45, 7) is 0. The molecule has 3 heterocycles. The Hall–Kier alpha value is -7.82. The van der Waals surface area contributed by atoms with E-state index in [1.807, 2.05) is 18.2 Å². The highest BCUT2D eigenvalue weighted by Gasteiger charge is 2.47. The molecule has 0 saturated heterocycles. The molecule has 12 aromatic rings. The molecule has 64 heavy (non-hydrogen) atoms. The minimum Gasteiger partial charge on any atom is -0.456 e. The fraction of sp³-hybridized carbons (Fsp3) is 0.100. The molecule has 0 atom stereocenters. The van der Waals surface area contributed by atoms with E-state index in [1.165, 1.54) is 84.9 Å². The van der Waals surface area contributed by atoms with Gasteiger partial charge < -0.3 is 8.98 Å². The Morgan fingerprint density at radius 2 is 1.14 bits per heavy atom. The van der Waals surface area contributed by atoms with Crippen molar-refractivity contribution in [2.24, 2.45) is 0 Å². The van der Waals surface area contributed by atoms with Crippen LogP contribution in [0, 0.1) is 0 Å². The highest BCUT2D eigenvalue weighted by molar-refractivity contribution is 6.30. The van der Waals surface area contributed by atoms with Gasteiger partial charge in [-0.15, -0.1) is 0 Å². The minimum atomic E-state index is -0.0559. The first-order valence-electron chi connectivity index (χ1n) is 22.7. The smallest absolute Gasteiger partial charge is 0.160 e. The lowest BCUT2D eigenvalue weighted by Crippen LogP contribution is -2.28. The molecule has 4 heteroatoms. The number of nitrogens with zero attached hydrogens (tertiary/aromatic N) is 3. The fourth-order valence-corrected chi connectivity index (χ4v) is 11.9. The van der Waals surface area contributed by atoms with Gasteiger partial charge in [-0.25, -0.2) is 9.97 Å². The standard InChI is InChI=1S/C60H41N3O/c1-3-17-38(18-4-1)49-36-50(45-24-15-27-52-53(45)46-23-10-12-26-51(46)64-52)62-59(61-49)39-28-31-40(32-29-39)63-57-41-19-6-5-16-37(41)30-33-47(57)55-43-21-8-7-20-42(43)54-44-22-9-11-25-48(44)60(56(54)58(55)63)34-13-2-14-35-60/h1,3-12,15-33,36H,2,13-14,34-35H2. The van der Waals surface area contributed by atoms with Gasteiger partial charge in [0.2, 0.25) is 0 Å². The van der Waals surface area contributed by atoms with Crippen molar-refractivity contribution in [2.75, 3.05) is 0 Å². The summed E-state index contributed by atoms with van der Waals surface area (Å²) >= 11 is 0. The molecule has 0 unspecified atom stereocenters. The second-order valence-corrected chi connectivity index (χ2v) is 17.9. The van der Waals surface area contributed by atoms with Crippen molar-refractivity contribution in [3.63, 3.8) is 0 Å². The monoisotopic (exact) mass is 819 g/mol. The molecule has 2 aliphatic carbocycles. The van der Waals surface area contributed by atoms with Gasteiger partial charge in [-0.3, -0.25) is 0 Å². The maximum Gasteiger partial charge on any atom is 0.160 e. The maximum absolute atomic E-state index is 6.34. The van der Waals surface area contributed by atoms with Crippen LogP contribution in [0.5, 0.6) is 0 Å². The number of para-hydroxylation sites is 1. The maximum atomic E-state index is 6.34. The van der Waals surface area contributed by atoms with Crippen molar-refractivity contribution >= 4 is 65.3 Å². The molecule has 0 radical (unpaired) electrons. The topological polar surface area (TPSA) is 43.9 Å². The summed E-state index contributed by atoms with van der Waals surface area (Å²) in [4.78, 5) is 10.7. The van der Waals surface area contributed by atoms with Gasteiger partial charge in [-0.1, -0.05) is 165 Å². The first-order valence-corrected chi connectivity index (χ1v) is 22.7. The first-order chi connectivity index (χ1) is 31.7. The van der Waals surface area contributed by atoms with E-state index in [0.29, 0.717) is 5.82 Å². The molecule has 4 nitrogen and oxygen atoms in total. The number of hydrogen-bond donors (Lipinski definition) is 0. The van der Waals surface area contributed by atoms with E-state index >= 15 is 0 Å². The van der Waals surface area contributed by atoms with Crippen molar-refractivity contribution < 1.29 is 4.42 Å². The van der Waals surface area contributed by atoms with Gasteiger partial charge in [0.25, 0.3) is 0 Å². The number of aromatic nitrogens is 3. The summed E-state index contributed by atoms with van der Waals surface area (Å²) in [6, 6.07) is 68.3. The van der Waals surface area contributed by atoms with Crippen LogP contribution in [0.25, 0.3) is 116 Å². The van der Waals surface area contributed by atoms with Crippen LogP contribution in [0.4, 0.5) is 0 Å². The molecule has 14 rings (SSSR count). The van der Waals surface area contributed by atoms with E-state index in [4.69, 9.17) is 14.4 Å². The zero-order chi connectivity index (χ0) is 41.9. The van der Waals surface area contributed by atoms with Gasteiger partial charge in [0.1, 0.15) is 11.2 Å². The third-order valence-corrected chi connectivity index (χ3v) is 14.6. The summed E-state index contributed by atoms with van der Waals surface area (Å²) in [5.41, 5.74) is 16.0. The minimum absolute atomic E-state index is 0.0559. The average molecular weight is 820 g/mol. The normalized spacial score (nSPS) is 14.4. The summed E-state index contributed by atoms with van der Waals surface area (Å²) in [5.74, 6) is 0.684. The zero-order valence-electron chi connectivity index (χ0n) is 35.2. The van der Waals surface area contributed by atoms with E-state index in [1.54, 1.807) is 0 Å². The summed E-state index contributed by atoms with van der Waals surface area (Å²) < 4.78 is 8.97. The molecule has 0 amide bonds. The number of hydrogen-bond acceptors (Lipinski definition) is 3. The van der Waals surface area contributed by atoms with Crippen LogP contribution in [0.15, 0.2) is 192 Å². The molecule has 1 fully saturated rings. The molecular formula is C60H41N3O. The van der Waals surface area contributed by atoms with Crippen LogP contribution in [0.3, 0.4) is 0 Å². The van der Waals surface area contributed by atoms with E-state index < -0.39 is 0 Å². The van der Waals surface area contributed by atoms with Crippen LogP contribution in [0.2, 0.25) is 0 Å². The molecule has 1 saturated carbocycles. The first kappa shape index (κ1) is 35.7. The van der Waals surface area contributed by atoms with Crippen LogP contribution in [-0.4, -0.2) is 14.5 Å². The highest BCUT2D eigenvalue weighted by Crippen LogP contribution is 2.61. The van der Waals surface area contributed by atoms with Crippen molar-refractivity contribution in [2.45, 2.75) is 37.5 Å². The molecule has 302 valence electrons. The quantitative estimate of drug-likeness (QED) is 0.178. The van der Waals surface area contributed by atoms with Crippen LogP contribution in [0.1, 0.15) is 43.2 Å². The summed E-state index contributed by atoms with van der Waals surface area (Å²) in [5, 5.41) is 9.96. The lowest BCUT2D eigenvalue weighted by atomic mass is 9.67. The second kappa shape index (κ2) is 13.6. The summed E-state index contributed by atoms with van der Waals surface area (Å²) in [6.07, 6.45) is 6.07. The lowest BCUT2D eigenvalue weighted by molar-refractivity contribution is 0.354. The molecule has 3 aromatic heterocycles. The van der Waals surface area contributed by atoms with Gasteiger partial charge in [0.05, 0.1) is 22.4 Å². The Bertz CT molecular complexity index is 3870. The second-order valence-electron chi connectivity index (χ2n) is 17.9. The van der Waals surface area contributed by atoms with Crippen LogP contribution < -0.4 is 0 Å². The van der Waals surface area contributed by atoms with Gasteiger partial charge in [0, 0.05) is 54.7 Å². The predicted molar refractivity (Wildman–Crippen MR) is 264 cm³/mol.